The molecule has 8 heteroatoms. The van der Waals surface area contributed by atoms with Gasteiger partial charge >= 0.3 is 5.97 Å². The first-order valence-electron chi connectivity index (χ1n) is 8.14. The van der Waals surface area contributed by atoms with Crippen molar-refractivity contribution in [3.63, 3.8) is 0 Å². The number of benzene rings is 2. The van der Waals surface area contributed by atoms with Gasteiger partial charge in [-0.15, -0.1) is 0 Å². The van der Waals surface area contributed by atoms with E-state index in [1.54, 1.807) is 36.4 Å². The predicted molar refractivity (Wildman–Crippen MR) is 97.7 cm³/mol. The van der Waals surface area contributed by atoms with Crippen molar-refractivity contribution < 1.29 is 19.8 Å². The summed E-state index contributed by atoms with van der Waals surface area (Å²) < 4.78 is 1.05. The normalized spacial score (nSPS) is 11.9. The fourth-order valence-electron chi connectivity index (χ4n) is 2.76. The van der Waals surface area contributed by atoms with E-state index >= 15 is 0 Å². The number of hydrogen-bond donors (Lipinski definition) is 3. The number of rotatable bonds is 5. The van der Waals surface area contributed by atoms with E-state index in [1.807, 2.05) is 0 Å². The molecule has 0 saturated heterocycles. The second kappa shape index (κ2) is 7.28. The average molecular weight is 367 g/mol. The zero-order chi connectivity index (χ0) is 19.6. The van der Waals surface area contributed by atoms with Crippen molar-refractivity contribution in [3.05, 3.63) is 70.1 Å². The van der Waals surface area contributed by atoms with Crippen molar-refractivity contribution in [2.24, 2.45) is 7.05 Å². The minimum absolute atomic E-state index is 0.0235. The largest absolute Gasteiger partial charge is 0.508 e. The van der Waals surface area contributed by atoms with Crippen LogP contribution in [0.4, 0.5) is 0 Å². The summed E-state index contributed by atoms with van der Waals surface area (Å²) in [6, 6.07) is 11.4. The second-order valence-corrected chi connectivity index (χ2v) is 6.06. The topological polar surface area (TPSA) is 122 Å². The highest BCUT2D eigenvalue weighted by atomic mass is 16.4. The Labute approximate surface area is 153 Å². The maximum atomic E-state index is 12.7. The van der Waals surface area contributed by atoms with Gasteiger partial charge in [0, 0.05) is 18.9 Å². The number of aromatic nitrogens is 2. The van der Waals surface area contributed by atoms with Crippen LogP contribution < -0.4 is 10.9 Å². The number of hydrogen-bond acceptors (Lipinski definition) is 5. The quantitative estimate of drug-likeness (QED) is 0.620. The van der Waals surface area contributed by atoms with Gasteiger partial charge in [-0.3, -0.25) is 9.59 Å². The zero-order valence-electron chi connectivity index (χ0n) is 14.4. The number of carbonyl (C=O) groups excluding carboxylic acids is 1. The number of fused-ring (bicyclic) bond motifs is 1. The summed E-state index contributed by atoms with van der Waals surface area (Å²) in [5.41, 5.74) is 0.268. The molecule has 0 bridgehead atoms. The first kappa shape index (κ1) is 18.1. The number of aromatic hydroxyl groups is 1. The number of carboxylic acid groups (broad SMARTS) is 1. The fraction of sp³-hybridized carbons (Fsp3) is 0.158. The molecule has 0 fully saturated rings. The minimum Gasteiger partial charge on any atom is -0.508 e. The molecule has 0 saturated carbocycles. The van der Waals surface area contributed by atoms with Gasteiger partial charge in [0.2, 0.25) is 0 Å². The smallest absolute Gasteiger partial charge is 0.326 e. The van der Waals surface area contributed by atoms with Crippen molar-refractivity contribution in [2.45, 2.75) is 12.5 Å². The van der Waals surface area contributed by atoms with Crippen molar-refractivity contribution >= 4 is 22.6 Å². The average Bonchev–Trinajstić information content (AvgIpc) is 2.65. The first-order chi connectivity index (χ1) is 12.9. The number of aryl methyl sites for hydroxylation is 1. The van der Waals surface area contributed by atoms with E-state index in [2.05, 4.69) is 10.4 Å². The van der Waals surface area contributed by atoms with Crippen LogP contribution in [0.5, 0.6) is 5.75 Å². The molecule has 1 aromatic heterocycles. The van der Waals surface area contributed by atoms with Gasteiger partial charge in [0.15, 0.2) is 5.69 Å². The molecule has 1 amide bonds. The molecule has 0 radical (unpaired) electrons. The lowest BCUT2D eigenvalue weighted by Gasteiger charge is -2.15. The highest BCUT2D eigenvalue weighted by molar-refractivity contribution is 6.05. The first-order valence-corrected chi connectivity index (χ1v) is 8.14. The van der Waals surface area contributed by atoms with Gasteiger partial charge in [-0.2, -0.15) is 5.10 Å². The number of phenols is 1. The molecule has 1 heterocycles. The number of amides is 1. The Balaban J connectivity index is 1.92. The van der Waals surface area contributed by atoms with Crippen LogP contribution in [-0.2, 0) is 18.3 Å². The lowest BCUT2D eigenvalue weighted by Crippen LogP contribution is -2.43. The molecule has 0 spiro atoms. The molecule has 3 rings (SSSR count). The molecule has 3 N–H and O–H groups in total. The number of phenolic OH excluding ortho intramolecular Hbond substituents is 1. The van der Waals surface area contributed by atoms with Gasteiger partial charge in [0.1, 0.15) is 11.8 Å². The Morgan fingerprint density at radius 3 is 2.37 bits per heavy atom. The summed E-state index contributed by atoms with van der Waals surface area (Å²) in [6.45, 7) is 0. The fourth-order valence-corrected chi connectivity index (χ4v) is 2.76. The van der Waals surface area contributed by atoms with Crippen LogP contribution in [-0.4, -0.2) is 37.9 Å². The molecule has 138 valence electrons. The third-order valence-corrected chi connectivity index (χ3v) is 4.15. The molecule has 1 atom stereocenters. The van der Waals surface area contributed by atoms with Crippen molar-refractivity contribution in [1.29, 1.82) is 0 Å². The summed E-state index contributed by atoms with van der Waals surface area (Å²) in [5, 5.41) is 25.9. The standard InChI is InChI=1S/C19H17N3O5/c1-22-18(25)14-5-3-2-4-13(14)16(21-22)17(24)20-15(19(26)27)10-11-6-8-12(23)9-7-11/h2-9,15,23H,10H2,1H3,(H,20,24)(H,26,27)/t15-/m1/s1. The third-order valence-electron chi connectivity index (χ3n) is 4.15. The molecular formula is C19H17N3O5. The molecule has 0 aliphatic carbocycles. The molecule has 0 unspecified atom stereocenters. The van der Waals surface area contributed by atoms with E-state index in [-0.39, 0.29) is 23.4 Å². The number of aliphatic carboxylic acids is 1. The summed E-state index contributed by atoms with van der Waals surface area (Å²) >= 11 is 0. The van der Waals surface area contributed by atoms with E-state index in [1.165, 1.54) is 19.2 Å². The van der Waals surface area contributed by atoms with Crippen LogP contribution >= 0.6 is 0 Å². The number of carboxylic acids is 1. The summed E-state index contributed by atoms with van der Waals surface area (Å²) in [7, 11) is 1.43. The van der Waals surface area contributed by atoms with E-state index < -0.39 is 17.9 Å². The summed E-state index contributed by atoms with van der Waals surface area (Å²) in [4.78, 5) is 36.4. The van der Waals surface area contributed by atoms with Crippen LogP contribution in [0.25, 0.3) is 10.8 Å². The predicted octanol–water partition coefficient (Wildman–Crippen LogP) is 1.06. The van der Waals surface area contributed by atoms with Crippen LogP contribution in [0.15, 0.2) is 53.3 Å². The van der Waals surface area contributed by atoms with Crippen LogP contribution in [0.3, 0.4) is 0 Å². The maximum absolute atomic E-state index is 12.7. The van der Waals surface area contributed by atoms with E-state index in [0.717, 1.165) is 4.68 Å². The third kappa shape index (κ3) is 3.79. The van der Waals surface area contributed by atoms with Gasteiger partial charge in [-0.05, 0) is 23.8 Å². The summed E-state index contributed by atoms with van der Waals surface area (Å²) in [5.74, 6) is -1.82. The highest BCUT2D eigenvalue weighted by Crippen LogP contribution is 2.14. The Morgan fingerprint density at radius 2 is 1.74 bits per heavy atom. The minimum atomic E-state index is -1.20. The van der Waals surface area contributed by atoms with Gasteiger partial charge in [0.25, 0.3) is 11.5 Å². The lowest BCUT2D eigenvalue weighted by molar-refractivity contribution is -0.139. The van der Waals surface area contributed by atoms with Gasteiger partial charge in [0.05, 0.1) is 5.39 Å². The van der Waals surface area contributed by atoms with E-state index in [4.69, 9.17) is 0 Å². The molecule has 8 nitrogen and oxygen atoms in total. The Morgan fingerprint density at radius 1 is 1.11 bits per heavy atom. The summed E-state index contributed by atoms with van der Waals surface area (Å²) in [6.07, 6.45) is 0.0328. The van der Waals surface area contributed by atoms with Crippen LogP contribution in [0.2, 0.25) is 0 Å². The number of nitrogens with one attached hydrogen (secondary N) is 1. The monoisotopic (exact) mass is 367 g/mol. The Hall–Kier alpha value is -3.68. The molecule has 27 heavy (non-hydrogen) atoms. The SMILES string of the molecule is Cn1nc(C(=O)N[C@H](Cc2ccc(O)cc2)C(=O)O)c2ccccc2c1=O. The Kier molecular flexibility index (Phi) is 4.89. The van der Waals surface area contributed by atoms with Gasteiger partial charge in [-0.25, -0.2) is 9.48 Å². The van der Waals surface area contributed by atoms with Crippen molar-refractivity contribution in [3.8, 4) is 5.75 Å². The zero-order valence-corrected chi connectivity index (χ0v) is 14.4. The van der Waals surface area contributed by atoms with Crippen molar-refractivity contribution in [2.75, 3.05) is 0 Å². The van der Waals surface area contributed by atoms with Crippen LogP contribution in [0, 0.1) is 0 Å². The van der Waals surface area contributed by atoms with E-state index in [9.17, 15) is 24.6 Å². The van der Waals surface area contributed by atoms with Crippen molar-refractivity contribution in [1.82, 2.24) is 15.1 Å². The van der Waals surface area contributed by atoms with E-state index in [0.29, 0.717) is 16.3 Å². The molecule has 3 aromatic rings. The molecule has 0 aliphatic rings. The lowest BCUT2D eigenvalue weighted by atomic mass is 10.1. The van der Waals surface area contributed by atoms with Gasteiger partial charge in [-0.1, -0.05) is 30.3 Å². The molecular weight excluding hydrogens is 350 g/mol. The second-order valence-electron chi connectivity index (χ2n) is 6.06. The molecule has 2 aromatic carbocycles. The highest BCUT2D eigenvalue weighted by Gasteiger charge is 2.24. The number of carbonyl (C=O) groups is 2. The maximum Gasteiger partial charge on any atom is 0.326 e. The van der Waals surface area contributed by atoms with Gasteiger partial charge < -0.3 is 15.5 Å². The Bertz CT molecular complexity index is 1070. The number of nitrogens with zero attached hydrogens (tertiary/aromatic N) is 2. The van der Waals surface area contributed by atoms with Crippen LogP contribution in [0.1, 0.15) is 16.1 Å². The molecule has 0 aliphatic heterocycles.